The predicted octanol–water partition coefficient (Wildman–Crippen LogP) is 5.96. The number of hydrogen-bond acceptors (Lipinski definition) is 4. The second-order valence-corrected chi connectivity index (χ2v) is 9.61. The van der Waals surface area contributed by atoms with Crippen molar-refractivity contribution in [1.82, 2.24) is 10.2 Å². The van der Waals surface area contributed by atoms with Crippen LogP contribution in [0.2, 0.25) is 10.0 Å². The van der Waals surface area contributed by atoms with Crippen LogP contribution in [0, 0.1) is 0 Å². The zero-order chi connectivity index (χ0) is 24.4. The number of ether oxygens (including phenoxy) is 1. The van der Waals surface area contributed by atoms with E-state index in [4.69, 9.17) is 27.9 Å². The smallest absolute Gasteiger partial charge is 0.243 e. The molecular formula is C25H32Cl2N2O3S. The van der Waals surface area contributed by atoms with Crippen LogP contribution in [0.4, 0.5) is 0 Å². The molecule has 180 valence electrons. The van der Waals surface area contributed by atoms with Gasteiger partial charge in [0, 0.05) is 28.4 Å². The molecule has 2 amide bonds. The van der Waals surface area contributed by atoms with Gasteiger partial charge in [-0.05, 0) is 55.2 Å². The first-order valence-corrected chi connectivity index (χ1v) is 12.9. The number of amides is 2. The zero-order valence-electron chi connectivity index (χ0n) is 19.6. The minimum atomic E-state index is -0.567. The molecule has 0 saturated carbocycles. The Morgan fingerprint density at radius 3 is 2.36 bits per heavy atom. The summed E-state index contributed by atoms with van der Waals surface area (Å²) in [6, 6.07) is 12.4. The molecule has 0 bridgehead atoms. The van der Waals surface area contributed by atoms with Gasteiger partial charge >= 0.3 is 0 Å². The highest BCUT2D eigenvalue weighted by molar-refractivity contribution is 7.99. The van der Waals surface area contributed by atoms with Crippen LogP contribution >= 0.6 is 35.0 Å². The van der Waals surface area contributed by atoms with Crippen molar-refractivity contribution in [3.05, 3.63) is 63.6 Å². The van der Waals surface area contributed by atoms with E-state index in [1.54, 1.807) is 30.2 Å². The normalized spacial score (nSPS) is 12.7. The summed E-state index contributed by atoms with van der Waals surface area (Å²) >= 11 is 14.0. The van der Waals surface area contributed by atoms with Crippen LogP contribution in [0.5, 0.6) is 5.75 Å². The van der Waals surface area contributed by atoms with Crippen LogP contribution in [0.3, 0.4) is 0 Å². The quantitative estimate of drug-likeness (QED) is 0.382. The van der Waals surface area contributed by atoms with Crippen molar-refractivity contribution in [2.24, 2.45) is 0 Å². The van der Waals surface area contributed by atoms with Crippen molar-refractivity contribution >= 4 is 46.8 Å². The fourth-order valence-corrected chi connectivity index (χ4v) is 4.97. The van der Waals surface area contributed by atoms with E-state index in [0.717, 1.165) is 17.5 Å². The summed E-state index contributed by atoms with van der Waals surface area (Å²) in [5.41, 5.74) is 1.70. The SMILES string of the molecule is CCC(C)NC(=O)C(CC)N(Cc1cccc(OC)c1)C(=O)CSCc1c(Cl)cccc1Cl. The van der Waals surface area contributed by atoms with E-state index >= 15 is 0 Å². The van der Waals surface area contributed by atoms with E-state index in [-0.39, 0.29) is 23.6 Å². The number of halogens is 2. The monoisotopic (exact) mass is 510 g/mol. The maximum atomic E-state index is 13.4. The third kappa shape index (κ3) is 8.13. The van der Waals surface area contributed by atoms with Crippen molar-refractivity contribution in [3.63, 3.8) is 0 Å². The summed E-state index contributed by atoms with van der Waals surface area (Å²) in [6.45, 7) is 6.21. The van der Waals surface area contributed by atoms with Gasteiger partial charge in [0.2, 0.25) is 11.8 Å². The molecule has 5 nitrogen and oxygen atoms in total. The van der Waals surface area contributed by atoms with Gasteiger partial charge in [0.05, 0.1) is 12.9 Å². The van der Waals surface area contributed by atoms with E-state index in [9.17, 15) is 9.59 Å². The number of carbonyl (C=O) groups excluding carboxylic acids is 2. The number of hydrogen-bond donors (Lipinski definition) is 1. The summed E-state index contributed by atoms with van der Waals surface area (Å²) in [6.07, 6.45) is 1.33. The molecule has 2 aromatic carbocycles. The van der Waals surface area contributed by atoms with Gasteiger partial charge in [0.25, 0.3) is 0 Å². The topological polar surface area (TPSA) is 58.6 Å². The standard InChI is InChI=1S/C25H32Cl2N2O3S/c1-5-17(3)28-25(31)23(6-2)29(14-18-9-7-10-19(13-18)32-4)24(30)16-33-15-20-21(26)11-8-12-22(20)27/h7-13,17,23H,5-6,14-16H2,1-4H3,(H,28,31). The minimum absolute atomic E-state index is 0.0389. The van der Waals surface area contributed by atoms with E-state index < -0.39 is 6.04 Å². The fraction of sp³-hybridized carbons (Fsp3) is 0.440. The van der Waals surface area contributed by atoms with Crippen molar-refractivity contribution in [2.45, 2.75) is 58.0 Å². The highest BCUT2D eigenvalue weighted by Crippen LogP contribution is 2.28. The third-order valence-electron chi connectivity index (χ3n) is 5.41. The van der Waals surface area contributed by atoms with Gasteiger partial charge in [0.15, 0.2) is 0 Å². The Morgan fingerprint density at radius 2 is 1.76 bits per heavy atom. The highest BCUT2D eigenvalue weighted by atomic mass is 35.5. The maximum absolute atomic E-state index is 13.4. The fourth-order valence-electron chi connectivity index (χ4n) is 3.32. The number of benzene rings is 2. The lowest BCUT2D eigenvalue weighted by Gasteiger charge is -2.31. The largest absolute Gasteiger partial charge is 0.497 e. The maximum Gasteiger partial charge on any atom is 0.243 e. The van der Waals surface area contributed by atoms with Crippen LogP contribution in [0.1, 0.15) is 44.7 Å². The lowest BCUT2D eigenvalue weighted by Crippen LogP contribution is -2.51. The molecular weight excluding hydrogens is 479 g/mol. The number of nitrogens with one attached hydrogen (secondary N) is 1. The van der Waals surface area contributed by atoms with Gasteiger partial charge in [-0.3, -0.25) is 9.59 Å². The Balaban J connectivity index is 2.20. The Morgan fingerprint density at radius 1 is 1.09 bits per heavy atom. The molecule has 8 heteroatoms. The Labute approximate surface area is 211 Å². The van der Waals surface area contributed by atoms with Crippen LogP contribution in [-0.2, 0) is 21.9 Å². The number of nitrogens with zero attached hydrogens (tertiary/aromatic N) is 1. The second kappa shape index (κ2) is 13.7. The number of thioether (sulfide) groups is 1. The average Bonchev–Trinajstić information content (AvgIpc) is 2.80. The summed E-state index contributed by atoms with van der Waals surface area (Å²) in [7, 11) is 1.60. The summed E-state index contributed by atoms with van der Waals surface area (Å²) in [5.74, 6) is 1.17. The molecule has 0 heterocycles. The summed E-state index contributed by atoms with van der Waals surface area (Å²) in [4.78, 5) is 28.0. The number of carbonyl (C=O) groups is 2. The molecule has 0 aliphatic rings. The van der Waals surface area contributed by atoms with Crippen LogP contribution < -0.4 is 10.1 Å². The molecule has 2 unspecified atom stereocenters. The van der Waals surface area contributed by atoms with Crippen molar-refractivity contribution in [1.29, 1.82) is 0 Å². The lowest BCUT2D eigenvalue weighted by atomic mass is 10.1. The summed E-state index contributed by atoms with van der Waals surface area (Å²) < 4.78 is 5.32. The molecule has 0 aliphatic heterocycles. The molecule has 2 aromatic rings. The molecule has 2 rings (SSSR count). The molecule has 0 aromatic heterocycles. The molecule has 0 fully saturated rings. The molecule has 33 heavy (non-hydrogen) atoms. The molecule has 1 N–H and O–H groups in total. The van der Waals surface area contributed by atoms with Gasteiger partial charge in [-0.2, -0.15) is 0 Å². The minimum Gasteiger partial charge on any atom is -0.497 e. The molecule has 0 radical (unpaired) electrons. The van der Waals surface area contributed by atoms with Gasteiger partial charge in [-0.1, -0.05) is 55.2 Å². The molecule has 0 spiro atoms. The third-order valence-corrected chi connectivity index (χ3v) is 7.06. The molecule has 0 aliphatic carbocycles. The first-order valence-electron chi connectivity index (χ1n) is 11.0. The first-order chi connectivity index (χ1) is 15.8. The number of methoxy groups -OCH3 is 1. The second-order valence-electron chi connectivity index (χ2n) is 7.81. The first kappa shape index (κ1) is 27.4. The highest BCUT2D eigenvalue weighted by Gasteiger charge is 2.29. The zero-order valence-corrected chi connectivity index (χ0v) is 21.9. The van der Waals surface area contributed by atoms with Crippen molar-refractivity contribution in [3.8, 4) is 5.75 Å². The van der Waals surface area contributed by atoms with Crippen LogP contribution in [0.25, 0.3) is 0 Å². The average molecular weight is 512 g/mol. The van der Waals surface area contributed by atoms with Gasteiger partial charge in [-0.15, -0.1) is 11.8 Å². The van der Waals surface area contributed by atoms with E-state index in [1.165, 1.54) is 11.8 Å². The molecule has 2 atom stereocenters. The van der Waals surface area contributed by atoms with E-state index in [1.807, 2.05) is 45.0 Å². The van der Waals surface area contributed by atoms with E-state index in [0.29, 0.717) is 34.5 Å². The Bertz CT molecular complexity index is 921. The van der Waals surface area contributed by atoms with Crippen LogP contribution in [0.15, 0.2) is 42.5 Å². The van der Waals surface area contributed by atoms with Crippen LogP contribution in [-0.4, -0.2) is 41.7 Å². The molecule has 0 saturated heterocycles. The van der Waals surface area contributed by atoms with Gasteiger partial charge in [0.1, 0.15) is 11.8 Å². The Kier molecular flexibility index (Phi) is 11.4. The summed E-state index contributed by atoms with van der Waals surface area (Å²) in [5, 5.41) is 4.18. The lowest BCUT2D eigenvalue weighted by molar-refractivity contribution is -0.139. The van der Waals surface area contributed by atoms with Gasteiger partial charge < -0.3 is 15.0 Å². The Hall–Kier alpha value is -1.89. The van der Waals surface area contributed by atoms with Gasteiger partial charge in [-0.25, -0.2) is 0 Å². The predicted molar refractivity (Wildman–Crippen MR) is 138 cm³/mol. The van der Waals surface area contributed by atoms with Crippen molar-refractivity contribution < 1.29 is 14.3 Å². The number of rotatable bonds is 12. The van der Waals surface area contributed by atoms with Crippen molar-refractivity contribution in [2.75, 3.05) is 12.9 Å². The van der Waals surface area contributed by atoms with E-state index in [2.05, 4.69) is 5.32 Å².